The van der Waals surface area contributed by atoms with Gasteiger partial charge in [0.1, 0.15) is 5.84 Å². The van der Waals surface area contributed by atoms with E-state index < -0.39 is 5.97 Å². The maximum Gasteiger partial charge on any atom is 0.335 e. The predicted octanol–water partition coefficient (Wildman–Crippen LogP) is 3.80. The Morgan fingerprint density at radius 2 is 1.74 bits per heavy atom. The molecule has 3 rings (SSSR count). The minimum absolute atomic E-state index is 0.0426. The standard InChI is InChI=1S/C19H16N2O2/c1-11-16(3-2-4-17(11)19(22)23)14-7-5-13-10-15(18(20)21)8-6-12(13)9-14/h2-10H,1H3,(H3,20,21)(H,22,23). The maximum atomic E-state index is 11.3. The van der Waals surface area contributed by atoms with E-state index in [1.165, 1.54) is 0 Å². The Kier molecular flexibility index (Phi) is 3.58. The zero-order valence-corrected chi connectivity index (χ0v) is 12.6. The number of amidine groups is 1. The first-order valence-electron chi connectivity index (χ1n) is 7.19. The lowest BCUT2D eigenvalue weighted by atomic mass is 9.94. The van der Waals surface area contributed by atoms with Crippen LogP contribution in [0.5, 0.6) is 0 Å². The van der Waals surface area contributed by atoms with Crippen LogP contribution in [0.15, 0.2) is 54.6 Å². The molecule has 4 N–H and O–H groups in total. The van der Waals surface area contributed by atoms with Gasteiger partial charge in [0.2, 0.25) is 0 Å². The lowest BCUT2D eigenvalue weighted by Gasteiger charge is -2.10. The van der Waals surface area contributed by atoms with Gasteiger partial charge in [-0.25, -0.2) is 4.79 Å². The van der Waals surface area contributed by atoms with Crippen molar-refractivity contribution >= 4 is 22.6 Å². The second-order valence-electron chi connectivity index (χ2n) is 5.47. The molecule has 114 valence electrons. The van der Waals surface area contributed by atoms with E-state index in [4.69, 9.17) is 11.1 Å². The van der Waals surface area contributed by atoms with Crippen LogP contribution in [0.2, 0.25) is 0 Å². The molecule has 0 aliphatic heterocycles. The van der Waals surface area contributed by atoms with Crippen molar-refractivity contribution in [3.63, 3.8) is 0 Å². The van der Waals surface area contributed by atoms with Gasteiger partial charge in [0.15, 0.2) is 0 Å². The number of aromatic carboxylic acids is 1. The second-order valence-corrected chi connectivity index (χ2v) is 5.47. The molecule has 3 aromatic rings. The summed E-state index contributed by atoms with van der Waals surface area (Å²) in [4.78, 5) is 11.3. The fourth-order valence-corrected chi connectivity index (χ4v) is 2.76. The van der Waals surface area contributed by atoms with E-state index in [2.05, 4.69) is 0 Å². The largest absolute Gasteiger partial charge is 0.478 e. The Balaban J connectivity index is 2.15. The number of nitrogens with two attached hydrogens (primary N) is 1. The Hall–Kier alpha value is -3.14. The fraction of sp³-hybridized carbons (Fsp3) is 0.0526. The van der Waals surface area contributed by atoms with Crippen molar-refractivity contribution in [3.8, 4) is 11.1 Å². The van der Waals surface area contributed by atoms with Gasteiger partial charge in [-0.3, -0.25) is 5.41 Å². The molecule has 3 aromatic carbocycles. The molecule has 4 nitrogen and oxygen atoms in total. The van der Waals surface area contributed by atoms with E-state index in [0.717, 1.165) is 27.5 Å². The smallest absolute Gasteiger partial charge is 0.335 e. The zero-order chi connectivity index (χ0) is 16.6. The van der Waals surface area contributed by atoms with Crippen LogP contribution in [0.1, 0.15) is 21.5 Å². The van der Waals surface area contributed by atoms with Gasteiger partial charge < -0.3 is 10.8 Å². The molecule has 0 saturated heterocycles. The average molecular weight is 304 g/mol. The van der Waals surface area contributed by atoms with E-state index in [1.807, 2.05) is 49.4 Å². The third-order valence-electron chi connectivity index (χ3n) is 4.03. The molecule has 0 radical (unpaired) electrons. The summed E-state index contributed by atoms with van der Waals surface area (Å²) in [5, 5.41) is 18.8. The van der Waals surface area contributed by atoms with Crippen molar-refractivity contribution in [2.75, 3.05) is 0 Å². The third kappa shape index (κ3) is 2.66. The number of carboxylic acids is 1. The van der Waals surface area contributed by atoms with Gasteiger partial charge in [-0.05, 0) is 52.6 Å². The quantitative estimate of drug-likeness (QED) is 0.508. The van der Waals surface area contributed by atoms with E-state index in [-0.39, 0.29) is 5.84 Å². The van der Waals surface area contributed by atoms with Crippen LogP contribution >= 0.6 is 0 Å². The highest BCUT2D eigenvalue weighted by Crippen LogP contribution is 2.29. The summed E-state index contributed by atoms with van der Waals surface area (Å²) < 4.78 is 0. The molecule has 0 bridgehead atoms. The summed E-state index contributed by atoms with van der Waals surface area (Å²) in [6.45, 7) is 1.82. The Labute approximate surface area is 133 Å². The van der Waals surface area contributed by atoms with Gasteiger partial charge in [0.05, 0.1) is 5.56 Å². The molecule has 0 aliphatic carbocycles. The summed E-state index contributed by atoms with van der Waals surface area (Å²) >= 11 is 0. The number of nitrogen functional groups attached to an aromatic ring is 1. The molecule has 4 heteroatoms. The fourth-order valence-electron chi connectivity index (χ4n) is 2.76. The molecule has 0 saturated carbocycles. The van der Waals surface area contributed by atoms with Crippen LogP contribution < -0.4 is 5.73 Å². The van der Waals surface area contributed by atoms with E-state index >= 15 is 0 Å². The number of hydrogen-bond acceptors (Lipinski definition) is 2. The minimum atomic E-state index is -0.920. The first-order chi connectivity index (χ1) is 11.0. The molecule has 0 spiro atoms. The van der Waals surface area contributed by atoms with Crippen LogP contribution in [0.25, 0.3) is 21.9 Å². The van der Waals surface area contributed by atoms with Crippen LogP contribution in [0.4, 0.5) is 0 Å². The molecule has 23 heavy (non-hydrogen) atoms. The van der Waals surface area contributed by atoms with E-state index in [9.17, 15) is 9.90 Å². The Morgan fingerprint density at radius 3 is 2.43 bits per heavy atom. The molecule has 0 unspecified atom stereocenters. The minimum Gasteiger partial charge on any atom is -0.478 e. The lowest BCUT2D eigenvalue weighted by Crippen LogP contribution is -2.10. The summed E-state index contributed by atoms with van der Waals surface area (Å²) in [6, 6.07) is 16.9. The number of rotatable bonds is 3. The van der Waals surface area contributed by atoms with Crippen molar-refractivity contribution < 1.29 is 9.90 Å². The van der Waals surface area contributed by atoms with Gasteiger partial charge in [0.25, 0.3) is 0 Å². The van der Waals surface area contributed by atoms with Gasteiger partial charge in [-0.15, -0.1) is 0 Å². The van der Waals surface area contributed by atoms with Gasteiger partial charge in [-0.1, -0.05) is 36.4 Å². The van der Waals surface area contributed by atoms with Crippen LogP contribution in [-0.2, 0) is 0 Å². The summed E-state index contributed by atoms with van der Waals surface area (Å²) in [7, 11) is 0. The van der Waals surface area contributed by atoms with E-state index in [1.54, 1.807) is 12.1 Å². The molecular formula is C19H16N2O2. The first kappa shape index (κ1) is 14.8. The van der Waals surface area contributed by atoms with Gasteiger partial charge >= 0.3 is 5.97 Å². The molecular weight excluding hydrogens is 288 g/mol. The topological polar surface area (TPSA) is 87.2 Å². The maximum absolute atomic E-state index is 11.3. The van der Waals surface area contributed by atoms with Gasteiger partial charge in [-0.2, -0.15) is 0 Å². The number of carboxylic acid groups (broad SMARTS) is 1. The second kappa shape index (κ2) is 5.57. The number of benzene rings is 3. The summed E-state index contributed by atoms with van der Waals surface area (Å²) in [5.74, 6) is -0.878. The predicted molar refractivity (Wildman–Crippen MR) is 92.1 cm³/mol. The third-order valence-corrected chi connectivity index (χ3v) is 4.03. The molecule has 0 fully saturated rings. The van der Waals surface area contributed by atoms with Crippen molar-refractivity contribution in [2.24, 2.45) is 5.73 Å². The van der Waals surface area contributed by atoms with Crippen LogP contribution in [-0.4, -0.2) is 16.9 Å². The molecule has 0 aromatic heterocycles. The summed E-state index contributed by atoms with van der Waals surface area (Å²) in [5.41, 5.74) is 9.14. The van der Waals surface area contributed by atoms with Crippen molar-refractivity contribution in [3.05, 3.63) is 71.3 Å². The Morgan fingerprint density at radius 1 is 1.04 bits per heavy atom. The highest BCUT2D eigenvalue weighted by Gasteiger charge is 2.11. The molecule has 0 amide bonds. The number of fused-ring (bicyclic) bond motifs is 1. The zero-order valence-electron chi connectivity index (χ0n) is 12.6. The molecule has 0 atom stereocenters. The molecule has 0 heterocycles. The number of carbonyl (C=O) groups is 1. The number of nitrogens with one attached hydrogen (secondary N) is 1. The SMILES string of the molecule is Cc1c(C(=O)O)cccc1-c1ccc2cc(C(=N)N)ccc2c1. The average Bonchev–Trinajstić information content (AvgIpc) is 2.53. The lowest BCUT2D eigenvalue weighted by molar-refractivity contribution is 0.0696. The summed E-state index contributed by atoms with van der Waals surface area (Å²) in [6.07, 6.45) is 0. The van der Waals surface area contributed by atoms with Crippen molar-refractivity contribution in [2.45, 2.75) is 6.92 Å². The highest BCUT2D eigenvalue weighted by molar-refractivity contribution is 6.00. The first-order valence-corrected chi connectivity index (χ1v) is 7.19. The normalized spacial score (nSPS) is 10.7. The van der Waals surface area contributed by atoms with Crippen molar-refractivity contribution in [1.82, 2.24) is 0 Å². The Bertz CT molecular complexity index is 945. The van der Waals surface area contributed by atoms with Crippen LogP contribution in [0.3, 0.4) is 0 Å². The number of hydrogen-bond donors (Lipinski definition) is 3. The van der Waals surface area contributed by atoms with Crippen LogP contribution in [0, 0.1) is 12.3 Å². The van der Waals surface area contributed by atoms with Crippen molar-refractivity contribution in [1.29, 1.82) is 5.41 Å². The van der Waals surface area contributed by atoms with Gasteiger partial charge in [0, 0.05) is 5.56 Å². The monoisotopic (exact) mass is 304 g/mol. The van der Waals surface area contributed by atoms with E-state index in [0.29, 0.717) is 11.1 Å². The highest BCUT2D eigenvalue weighted by atomic mass is 16.4. The molecule has 0 aliphatic rings.